The van der Waals surface area contributed by atoms with Gasteiger partial charge >= 0.3 is 16.4 Å². The number of amides is 1. The number of hydrogen-bond donors (Lipinski definition) is 1. The number of hydrogen-bond acceptors (Lipinski definition) is 4. The molecule has 0 unspecified atom stereocenters. The lowest BCUT2D eigenvalue weighted by molar-refractivity contribution is 0.159. The van der Waals surface area contributed by atoms with E-state index in [9.17, 15) is 13.2 Å². The molecule has 1 heterocycles. The number of rotatable bonds is 0. The molecule has 0 aromatic heterocycles. The number of fused-ring (bicyclic) bond motifs is 1. The van der Waals surface area contributed by atoms with Crippen molar-refractivity contribution in [1.29, 1.82) is 0 Å². The van der Waals surface area contributed by atoms with Gasteiger partial charge in [-0.1, -0.05) is 0 Å². The molecule has 1 amide bonds. The smallest absolute Gasteiger partial charge is 0.423 e. The van der Waals surface area contributed by atoms with Crippen LogP contribution in [0, 0.1) is 0 Å². The van der Waals surface area contributed by atoms with E-state index in [1.807, 2.05) is 0 Å². The maximum atomic E-state index is 11.1. The lowest BCUT2D eigenvalue weighted by Gasteiger charge is -2.14. The number of nitrogens with zero attached hydrogens (tertiary/aromatic N) is 1. The summed E-state index contributed by atoms with van der Waals surface area (Å²) < 4.78 is 27.4. The average Bonchev–Trinajstić information content (AvgIpc) is 2.41. The van der Waals surface area contributed by atoms with Crippen molar-refractivity contribution in [2.45, 2.75) is 31.4 Å². The fourth-order valence-electron chi connectivity index (χ4n) is 1.89. The van der Waals surface area contributed by atoms with E-state index in [4.69, 9.17) is 5.11 Å². The molecule has 2 aliphatic rings. The Hall–Kier alpha value is -0.820. The molecule has 1 aliphatic heterocycles. The molecular formula is C6H9NO5S. The van der Waals surface area contributed by atoms with E-state index < -0.39 is 28.5 Å². The molecule has 1 aliphatic carbocycles. The Balaban J connectivity index is 2.36. The van der Waals surface area contributed by atoms with Crippen LogP contribution >= 0.6 is 0 Å². The first-order chi connectivity index (χ1) is 6.02. The van der Waals surface area contributed by atoms with Gasteiger partial charge in [0, 0.05) is 0 Å². The van der Waals surface area contributed by atoms with Gasteiger partial charge in [-0.2, -0.15) is 12.7 Å². The molecule has 2 atom stereocenters. The van der Waals surface area contributed by atoms with E-state index in [1.54, 1.807) is 0 Å². The molecule has 1 saturated heterocycles. The third-order valence-electron chi connectivity index (χ3n) is 2.39. The number of carbonyl (C=O) groups is 1. The predicted molar refractivity (Wildman–Crippen MR) is 41.3 cm³/mol. The lowest BCUT2D eigenvalue weighted by atomic mass is 10.2. The van der Waals surface area contributed by atoms with Gasteiger partial charge in [-0.15, -0.1) is 0 Å². The van der Waals surface area contributed by atoms with Crippen molar-refractivity contribution in [3.05, 3.63) is 0 Å². The Labute approximate surface area is 75.4 Å². The van der Waals surface area contributed by atoms with Crippen LogP contribution in [0.15, 0.2) is 0 Å². The first kappa shape index (κ1) is 8.76. The summed E-state index contributed by atoms with van der Waals surface area (Å²) in [5.74, 6) is 0. The Kier molecular flexibility index (Phi) is 1.74. The van der Waals surface area contributed by atoms with Gasteiger partial charge < -0.3 is 5.11 Å². The van der Waals surface area contributed by atoms with E-state index in [1.165, 1.54) is 0 Å². The van der Waals surface area contributed by atoms with Gasteiger partial charge in [0.05, 0.1) is 6.04 Å². The average molecular weight is 207 g/mol. The summed E-state index contributed by atoms with van der Waals surface area (Å²) in [6.45, 7) is 0. The molecule has 2 fully saturated rings. The molecule has 13 heavy (non-hydrogen) atoms. The minimum Gasteiger partial charge on any atom is -0.464 e. The fraction of sp³-hybridized carbons (Fsp3) is 0.833. The largest absolute Gasteiger partial charge is 0.464 e. The standard InChI is InChI=1S/C6H9NO5S/c8-6(9)7-4-2-1-3-5(4)12-13(7,10)11/h4-5H,1-3H2,(H,8,9)/t4-,5+/m0/s1. The summed E-state index contributed by atoms with van der Waals surface area (Å²) >= 11 is 0. The first-order valence-electron chi connectivity index (χ1n) is 3.98. The second kappa shape index (κ2) is 2.58. The third kappa shape index (κ3) is 1.19. The van der Waals surface area contributed by atoms with Crippen LogP contribution in [0.5, 0.6) is 0 Å². The number of carboxylic acid groups (broad SMARTS) is 1. The maximum absolute atomic E-state index is 11.1. The molecule has 1 saturated carbocycles. The molecule has 0 bridgehead atoms. The Morgan fingerprint density at radius 1 is 1.46 bits per heavy atom. The lowest BCUT2D eigenvalue weighted by Crippen LogP contribution is -2.38. The first-order valence-corrected chi connectivity index (χ1v) is 5.34. The molecule has 0 aromatic carbocycles. The van der Waals surface area contributed by atoms with Gasteiger partial charge in [-0.3, -0.25) is 0 Å². The topological polar surface area (TPSA) is 83.9 Å². The molecule has 7 heteroatoms. The van der Waals surface area contributed by atoms with Gasteiger partial charge in [-0.25, -0.2) is 8.98 Å². The van der Waals surface area contributed by atoms with E-state index >= 15 is 0 Å². The summed E-state index contributed by atoms with van der Waals surface area (Å²) in [5.41, 5.74) is 0. The Bertz CT molecular complexity index is 337. The summed E-state index contributed by atoms with van der Waals surface area (Å²) in [5, 5.41) is 8.66. The van der Waals surface area contributed by atoms with Gasteiger partial charge in [0.1, 0.15) is 6.10 Å². The van der Waals surface area contributed by atoms with Crippen LogP contribution in [0.25, 0.3) is 0 Å². The monoisotopic (exact) mass is 207 g/mol. The van der Waals surface area contributed by atoms with Crippen LogP contribution in [0.1, 0.15) is 19.3 Å². The molecule has 2 rings (SSSR count). The van der Waals surface area contributed by atoms with Crippen molar-refractivity contribution in [2.75, 3.05) is 0 Å². The van der Waals surface area contributed by atoms with Crippen molar-refractivity contribution in [2.24, 2.45) is 0 Å². The summed E-state index contributed by atoms with van der Waals surface area (Å²) in [7, 11) is -4.01. The van der Waals surface area contributed by atoms with Crippen LogP contribution < -0.4 is 0 Å². The van der Waals surface area contributed by atoms with Crippen LogP contribution in [0.4, 0.5) is 4.79 Å². The van der Waals surface area contributed by atoms with Gasteiger partial charge in [0.25, 0.3) is 0 Å². The summed E-state index contributed by atoms with van der Waals surface area (Å²) in [4.78, 5) is 10.6. The van der Waals surface area contributed by atoms with Crippen molar-refractivity contribution < 1.29 is 22.5 Å². The fourth-order valence-corrected chi connectivity index (χ4v) is 3.29. The second-order valence-corrected chi connectivity index (χ2v) is 4.61. The van der Waals surface area contributed by atoms with Gasteiger partial charge in [-0.05, 0) is 19.3 Å². The Morgan fingerprint density at radius 2 is 2.15 bits per heavy atom. The van der Waals surface area contributed by atoms with E-state index in [0.29, 0.717) is 17.1 Å². The molecule has 74 valence electrons. The Morgan fingerprint density at radius 3 is 2.77 bits per heavy atom. The zero-order chi connectivity index (χ0) is 9.64. The molecule has 0 spiro atoms. The summed E-state index contributed by atoms with van der Waals surface area (Å²) in [6.07, 6.45) is 0.0916. The maximum Gasteiger partial charge on any atom is 0.423 e. The van der Waals surface area contributed by atoms with Crippen molar-refractivity contribution >= 4 is 16.4 Å². The molecule has 1 N–H and O–H groups in total. The quantitative estimate of drug-likeness (QED) is 0.611. The van der Waals surface area contributed by atoms with E-state index in [2.05, 4.69) is 4.18 Å². The highest BCUT2D eigenvalue weighted by Gasteiger charge is 2.51. The van der Waals surface area contributed by atoms with E-state index in [-0.39, 0.29) is 0 Å². The molecule has 0 aromatic rings. The second-order valence-electron chi connectivity index (χ2n) is 3.17. The minimum absolute atomic E-state index is 0.435. The molecular weight excluding hydrogens is 198 g/mol. The highest BCUT2D eigenvalue weighted by molar-refractivity contribution is 7.85. The SMILES string of the molecule is O=C(O)N1[C@H]2CCC[C@H]2OS1(=O)=O. The van der Waals surface area contributed by atoms with Gasteiger partial charge in [0.15, 0.2) is 0 Å². The predicted octanol–water partition coefficient (Wildman–Crippen LogP) is 0.163. The zero-order valence-corrected chi connectivity index (χ0v) is 7.53. The minimum atomic E-state index is -4.01. The van der Waals surface area contributed by atoms with Crippen molar-refractivity contribution in [3.8, 4) is 0 Å². The van der Waals surface area contributed by atoms with Crippen molar-refractivity contribution in [3.63, 3.8) is 0 Å². The highest BCUT2D eigenvalue weighted by atomic mass is 32.2. The van der Waals surface area contributed by atoms with Crippen LogP contribution in [-0.4, -0.2) is 36.1 Å². The van der Waals surface area contributed by atoms with Crippen LogP contribution in [0.3, 0.4) is 0 Å². The molecule has 0 radical (unpaired) electrons. The summed E-state index contributed by atoms with van der Waals surface area (Å²) in [6, 6.07) is -0.498. The van der Waals surface area contributed by atoms with E-state index in [0.717, 1.165) is 6.42 Å². The van der Waals surface area contributed by atoms with Crippen LogP contribution in [-0.2, 0) is 14.5 Å². The highest BCUT2D eigenvalue weighted by Crippen LogP contribution is 2.36. The zero-order valence-electron chi connectivity index (χ0n) is 6.71. The van der Waals surface area contributed by atoms with Crippen molar-refractivity contribution in [1.82, 2.24) is 4.31 Å². The molecule has 6 nitrogen and oxygen atoms in total. The third-order valence-corrected chi connectivity index (χ3v) is 3.79. The van der Waals surface area contributed by atoms with Gasteiger partial charge in [0.2, 0.25) is 0 Å². The normalized spacial score (nSPS) is 36.2. The van der Waals surface area contributed by atoms with Crippen LogP contribution in [0.2, 0.25) is 0 Å².